The molecule has 0 amide bonds. The number of aromatic nitrogens is 2. The number of piperazine rings is 1. The van der Waals surface area contributed by atoms with Crippen LogP contribution in [0.2, 0.25) is 5.02 Å². The number of rotatable bonds is 7. The number of phenols is 1. The highest BCUT2D eigenvalue weighted by atomic mass is 35.5. The third-order valence-corrected chi connectivity index (χ3v) is 9.97. The summed E-state index contributed by atoms with van der Waals surface area (Å²) in [5.74, 6) is -0.115. The lowest BCUT2D eigenvalue weighted by atomic mass is 9.96. The molecule has 0 aliphatic carbocycles. The summed E-state index contributed by atoms with van der Waals surface area (Å²) < 4.78 is 43.6. The van der Waals surface area contributed by atoms with Crippen LogP contribution < -0.4 is 15.0 Å². The van der Waals surface area contributed by atoms with E-state index in [0.29, 0.717) is 55.2 Å². The van der Waals surface area contributed by atoms with E-state index >= 15 is 8.78 Å². The van der Waals surface area contributed by atoms with Crippen LogP contribution in [0, 0.1) is 5.82 Å². The number of nitrogens with one attached hydrogen (secondary N) is 1. The summed E-state index contributed by atoms with van der Waals surface area (Å²) in [7, 11) is 0. The van der Waals surface area contributed by atoms with Crippen molar-refractivity contribution in [2.24, 2.45) is 0 Å². The normalized spacial score (nSPS) is 25.7. The van der Waals surface area contributed by atoms with Crippen LogP contribution in [0.25, 0.3) is 32.8 Å². The first-order chi connectivity index (χ1) is 21.4. The van der Waals surface area contributed by atoms with E-state index in [4.69, 9.17) is 26.1 Å². The van der Waals surface area contributed by atoms with Gasteiger partial charge in [-0.1, -0.05) is 35.9 Å². The highest BCUT2D eigenvalue weighted by Gasteiger charge is 2.39. The van der Waals surface area contributed by atoms with E-state index in [2.05, 4.69) is 20.1 Å². The van der Waals surface area contributed by atoms with Crippen LogP contribution in [-0.4, -0.2) is 89.8 Å². The Kier molecular flexibility index (Phi) is 7.20. The molecule has 11 heteroatoms. The minimum absolute atomic E-state index is 0.000599. The number of anilines is 1. The number of aromatic hydroxyl groups is 1. The smallest absolute Gasteiger partial charge is 0.319 e. The maximum Gasteiger partial charge on any atom is 0.319 e. The van der Waals surface area contributed by atoms with Crippen molar-refractivity contribution >= 4 is 39.1 Å². The third-order valence-electron chi connectivity index (χ3n) is 9.67. The van der Waals surface area contributed by atoms with Gasteiger partial charge in [0.1, 0.15) is 29.9 Å². The van der Waals surface area contributed by atoms with E-state index in [-0.39, 0.29) is 53.1 Å². The lowest BCUT2D eigenvalue weighted by molar-refractivity contribution is -0.0276. The summed E-state index contributed by atoms with van der Waals surface area (Å²) in [4.78, 5) is 13.6. The Morgan fingerprint density at radius 2 is 1.77 bits per heavy atom. The molecule has 4 aliphatic heterocycles. The first kappa shape index (κ1) is 28.2. The Morgan fingerprint density at radius 3 is 2.55 bits per heavy atom. The fourth-order valence-corrected chi connectivity index (χ4v) is 7.94. The molecule has 4 aromatic rings. The Bertz CT molecular complexity index is 1720. The van der Waals surface area contributed by atoms with E-state index in [1.165, 1.54) is 6.07 Å². The molecule has 1 aromatic heterocycles. The van der Waals surface area contributed by atoms with Crippen LogP contribution in [0.15, 0.2) is 42.5 Å². The number of hydrogen-bond acceptors (Lipinski definition) is 8. The molecule has 2 N–H and O–H groups in total. The monoisotopic (exact) mass is 621 g/mol. The van der Waals surface area contributed by atoms with Crippen molar-refractivity contribution in [2.75, 3.05) is 44.4 Å². The van der Waals surface area contributed by atoms with Gasteiger partial charge in [0.2, 0.25) is 0 Å². The number of halogens is 3. The van der Waals surface area contributed by atoms with E-state index in [9.17, 15) is 5.11 Å². The summed E-state index contributed by atoms with van der Waals surface area (Å²) in [6.07, 6.45) is 2.88. The Balaban J connectivity index is 1.18. The van der Waals surface area contributed by atoms with Crippen molar-refractivity contribution in [2.45, 2.75) is 56.0 Å². The molecule has 5 atom stereocenters. The predicted molar refractivity (Wildman–Crippen MR) is 166 cm³/mol. The molecule has 0 spiro atoms. The minimum atomic E-state index is -1.27. The van der Waals surface area contributed by atoms with Crippen molar-refractivity contribution < 1.29 is 23.4 Å². The van der Waals surface area contributed by atoms with Gasteiger partial charge < -0.3 is 24.8 Å². The third kappa shape index (κ3) is 5.01. The molecule has 4 bridgehead atoms. The summed E-state index contributed by atoms with van der Waals surface area (Å²) >= 11 is 6.84. The van der Waals surface area contributed by atoms with Gasteiger partial charge in [-0.05, 0) is 60.2 Å². The van der Waals surface area contributed by atoms with Gasteiger partial charge in [-0.25, -0.2) is 8.78 Å². The van der Waals surface area contributed by atoms with Gasteiger partial charge in [0.15, 0.2) is 5.82 Å². The molecule has 4 fully saturated rings. The second-order valence-electron chi connectivity index (χ2n) is 12.6. The van der Waals surface area contributed by atoms with Crippen LogP contribution >= 0.6 is 11.6 Å². The maximum atomic E-state index is 16.7. The van der Waals surface area contributed by atoms with Crippen molar-refractivity contribution in [3.8, 4) is 22.9 Å². The molecule has 5 heterocycles. The first-order valence-corrected chi connectivity index (χ1v) is 15.8. The van der Waals surface area contributed by atoms with Gasteiger partial charge in [-0.15, -0.1) is 0 Å². The standard InChI is InChI=1S/C33H34ClF2N5O3/c34-28-11-27-31(30(36)29(28)26-10-24(42)9-18-3-1-2-4-25(18)26)38-33(39-32(27)40-13-20-5-6-21(14-40)37-20)44-15-19(35)12-41-22-7-8-23(41)17-43-16-22/h1-4,9-11,19-23,37,42H,5-8,12-17H2/t19-,20?,21?,22?,23?/m1/s1. The maximum absolute atomic E-state index is 16.7. The van der Waals surface area contributed by atoms with Crippen molar-refractivity contribution in [3.05, 3.63) is 53.3 Å². The van der Waals surface area contributed by atoms with Crippen LogP contribution in [0.1, 0.15) is 25.7 Å². The average molecular weight is 622 g/mol. The van der Waals surface area contributed by atoms with Crippen LogP contribution in [-0.2, 0) is 4.74 Å². The Labute approximate surface area is 258 Å². The second-order valence-corrected chi connectivity index (χ2v) is 13.0. The molecule has 0 radical (unpaired) electrons. The van der Waals surface area contributed by atoms with Crippen LogP contribution in [0.5, 0.6) is 11.8 Å². The van der Waals surface area contributed by atoms with E-state index in [0.717, 1.165) is 36.5 Å². The van der Waals surface area contributed by atoms with Crippen molar-refractivity contribution in [1.29, 1.82) is 0 Å². The number of phenolic OH excluding ortho intramolecular Hbond substituents is 1. The molecule has 4 saturated heterocycles. The van der Waals surface area contributed by atoms with Crippen LogP contribution in [0.3, 0.4) is 0 Å². The van der Waals surface area contributed by atoms with Gasteiger partial charge in [-0.3, -0.25) is 4.90 Å². The molecular weight excluding hydrogens is 588 g/mol. The van der Waals surface area contributed by atoms with Crippen molar-refractivity contribution in [1.82, 2.24) is 20.2 Å². The van der Waals surface area contributed by atoms with E-state index < -0.39 is 12.0 Å². The number of hydrogen-bond donors (Lipinski definition) is 2. The molecule has 0 saturated carbocycles. The molecule has 8 rings (SSSR count). The number of nitrogens with zero attached hydrogens (tertiary/aromatic N) is 4. The fraction of sp³-hybridized carbons (Fsp3) is 0.455. The summed E-state index contributed by atoms with van der Waals surface area (Å²) in [6, 6.07) is 13.3. The van der Waals surface area contributed by atoms with Gasteiger partial charge in [0.05, 0.1) is 18.2 Å². The zero-order chi connectivity index (χ0) is 29.9. The molecule has 8 nitrogen and oxygen atoms in total. The SMILES string of the molecule is Oc1cc(-c2c(Cl)cc3c(N4CC5CCC(C4)N5)nc(OC[C@H](F)CN4C5CCC4COC5)nc3c2F)c2ccccc2c1. The number of fused-ring (bicyclic) bond motifs is 6. The van der Waals surface area contributed by atoms with Gasteiger partial charge >= 0.3 is 6.01 Å². The summed E-state index contributed by atoms with van der Waals surface area (Å²) in [6.45, 7) is 2.67. The highest BCUT2D eigenvalue weighted by molar-refractivity contribution is 6.35. The topological polar surface area (TPSA) is 83.0 Å². The summed E-state index contributed by atoms with van der Waals surface area (Å²) in [5.41, 5.74) is 0.634. The zero-order valence-electron chi connectivity index (χ0n) is 24.2. The Hall–Kier alpha value is -3.31. The number of morpholine rings is 1. The summed E-state index contributed by atoms with van der Waals surface area (Å²) in [5, 5.41) is 16.3. The second kappa shape index (κ2) is 11.2. The average Bonchev–Trinajstić information content (AvgIpc) is 3.45. The minimum Gasteiger partial charge on any atom is -0.508 e. The van der Waals surface area contributed by atoms with Gasteiger partial charge in [0, 0.05) is 54.8 Å². The Morgan fingerprint density at radius 1 is 1.02 bits per heavy atom. The quantitative estimate of drug-likeness (QED) is 0.281. The number of benzene rings is 3. The first-order valence-electron chi connectivity index (χ1n) is 15.4. The lowest BCUT2D eigenvalue weighted by Crippen LogP contribution is -2.51. The predicted octanol–water partition coefficient (Wildman–Crippen LogP) is 5.47. The number of alkyl halides is 1. The molecule has 3 aromatic carbocycles. The largest absolute Gasteiger partial charge is 0.508 e. The van der Waals surface area contributed by atoms with Gasteiger partial charge in [0.25, 0.3) is 0 Å². The van der Waals surface area contributed by atoms with Crippen LogP contribution in [0.4, 0.5) is 14.6 Å². The van der Waals surface area contributed by atoms with Crippen molar-refractivity contribution in [3.63, 3.8) is 0 Å². The van der Waals surface area contributed by atoms with E-state index in [1.807, 2.05) is 24.3 Å². The van der Waals surface area contributed by atoms with E-state index in [1.54, 1.807) is 12.1 Å². The molecule has 4 aliphatic rings. The fourth-order valence-electron chi connectivity index (χ4n) is 7.64. The van der Waals surface area contributed by atoms with Gasteiger partial charge in [-0.2, -0.15) is 9.97 Å². The molecule has 44 heavy (non-hydrogen) atoms. The number of ether oxygens (including phenoxy) is 2. The highest BCUT2D eigenvalue weighted by Crippen LogP contribution is 2.43. The lowest BCUT2D eigenvalue weighted by Gasteiger charge is -2.35. The molecule has 230 valence electrons. The zero-order valence-corrected chi connectivity index (χ0v) is 24.9. The molecular formula is C33H34ClF2N5O3. The molecule has 4 unspecified atom stereocenters.